The van der Waals surface area contributed by atoms with Crippen molar-refractivity contribution in [2.24, 2.45) is 10.9 Å². The van der Waals surface area contributed by atoms with Crippen molar-refractivity contribution < 1.29 is 4.79 Å². The van der Waals surface area contributed by atoms with Gasteiger partial charge < -0.3 is 16.0 Å². The number of hydrogen-bond acceptors (Lipinski definition) is 2. The molecule has 0 bridgehead atoms. The first kappa shape index (κ1) is 15.7. The number of carbonyl (C=O) groups excluding carboxylic acids is 1. The minimum atomic E-state index is -0.00597. The second-order valence-corrected chi connectivity index (χ2v) is 4.35. The first-order valence-electron chi connectivity index (χ1n) is 6.32. The summed E-state index contributed by atoms with van der Waals surface area (Å²) in [6, 6.07) is 0. The Morgan fingerprint density at radius 1 is 1.18 bits per heavy atom. The van der Waals surface area contributed by atoms with E-state index in [2.05, 4.69) is 34.8 Å². The van der Waals surface area contributed by atoms with Gasteiger partial charge in [-0.1, -0.05) is 13.8 Å². The van der Waals surface area contributed by atoms with E-state index >= 15 is 0 Å². The summed E-state index contributed by atoms with van der Waals surface area (Å²) in [5.41, 5.74) is 0. The van der Waals surface area contributed by atoms with Gasteiger partial charge in [-0.05, 0) is 19.3 Å². The first-order valence-corrected chi connectivity index (χ1v) is 6.32. The Morgan fingerprint density at radius 3 is 2.35 bits per heavy atom. The van der Waals surface area contributed by atoms with Gasteiger partial charge in [0.15, 0.2) is 5.96 Å². The van der Waals surface area contributed by atoms with E-state index < -0.39 is 0 Å². The van der Waals surface area contributed by atoms with Crippen LogP contribution < -0.4 is 16.0 Å². The number of aliphatic imine (C=N–C) groups is 1. The maximum Gasteiger partial charge on any atom is 0.216 e. The van der Waals surface area contributed by atoms with Crippen molar-refractivity contribution in [1.29, 1.82) is 0 Å². The van der Waals surface area contributed by atoms with Crippen LogP contribution >= 0.6 is 0 Å². The van der Waals surface area contributed by atoms with Gasteiger partial charge in [0.25, 0.3) is 0 Å². The number of guanidine groups is 1. The van der Waals surface area contributed by atoms with E-state index in [0.29, 0.717) is 19.0 Å². The first-order chi connectivity index (χ1) is 8.06. The summed E-state index contributed by atoms with van der Waals surface area (Å²) in [4.78, 5) is 15.1. The van der Waals surface area contributed by atoms with Crippen LogP contribution in [0.3, 0.4) is 0 Å². The molecule has 0 aromatic heterocycles. The van der Waals surface area contributed by atoms with E-state index in [1.807, 2.05) is 6.92 Å². The molecule has 5 nitrogen and oxygen atoms in total. The minimum absolute atomic E-state index is 0.00597. The maximum absolute atomic E-state index is 10.7. The molecule has 0 aromatic rings. The summed E-state index contributed by atoms with van der Waals surface area (Å²) < 4.78 is 0. The number of rotatable bonds is 7. The van der Waals surface area contributed by atoms with Gasteiger partial charge in [0.05, 0.1) is 0 Å². The molecule has 17 heavy (non-hydrogen) atoms. The van der Waals surface area contributed by atoms with Gasteiger partial charge >= 0.3 is 0 Å². The molecule has 0 fully saturated rings. The van der Waals surface area contributed by atoms with Crippen LogP contribution in [0.15, 0.2) is 4.99 Å². The SMILES string of the molecule is CCNC(=NCCC(C)C)NCCNC(C)=O. The quantitative estimate of drug-likeness (QED) is 0.350. The zero-order valence-corrected chi connectivity index (χ0v) is 11.5. The van der Waals surface area contributed by atoms with Gasteiger partial charge in [0.1, 0.15) is 0 Å². The molecule has 1 amide bonds. The lowest BCUT2D eigenvalue weighted by molar-refractivity contribution is -0.118. The van der Waals surface area contributed by atoms with E-state index in [1.54, 1.807) is 0 Å². The molecule has 0 unspecified atom stereocenters. The minimum Gasteiger partial charge on any atom is -0.357 e. The molecule has 0 spiro atoms. The van der Waals surface area contributed by atoms with Crippen molar-refractivity contribution in [3.05, 3.63) is 0 Å². The molecule has 0 radical (unpaired) electrons. The Morgan fingerprint density at radius 2 is 1.82 bits per heavy atom. The van der Waals surface area contributed by atoms with Gasteiger partial charge in [0, 0.05) is 33.1 Å². The van der Waals surface area contributed by atoms with Crippen LogP contribution in [0.2, 0.25) is 0 Å². The monoisotopic (exact) mass is 242 g/mol. The van der Waals surface area contributed by atoms with Crippen molar-refractivity contribution in [2.45, 2.75) is 34.1 Å². The molecule has 0 heterocycles. The molecular weight excluding hydrogens is 216 g/mol. The Balaban J connectivity index is 3.84. The lowest BCUT2D eigenvalue weighted by atomic mass is 10.1. The highest BCUT2D eigenvalue weighted by molar-refractivity contribution is 5.79. The zero-order valence-electron chi connectivity index (χ0n) is 11.5. The highest BCUT2D eigenvalue weighted by atomic mass is 16.1. The van der Waals surface area contributed by atoms with E-state index in [-0.39, 0.29) is 5.91 Å². The van der Waals surface area contributed by atoms with Gasteiger partial charge in [-0.25, -0.2) is 0 Å². The van der Waals surface area contributed by atoms with E-state index in [1.165, 1.54) is 6.92 Å². The summed E-state index contributed by atoms with van der Waals surface area (Å²) in [5, 5.41) is 9.08. The second kappa shape index (κ2) is 9.93. The van der Waals surface area contributed by atoms with E-state index in [4.69, 9.17) is 0 Å². The fourth-order valence-corrected chi connectivity index (χ4v) is 1.20. The largest absolute Gasteiger partial charge is 0.357 e. The molecule has 0 saturated heterocycles. The summed E-state index contributed by atoms with van der Waals surface area (Å²) in [6.45, 7) is 10.9. The zero-order chi connectivity index (χ0) is 13.1. The third-order valence-corrected chi connectivity index (χ3v) is 2.11. The molecule has 100 valence electrons. The van der Waals surface area contributed by atoms with Crippen LogP contribution in [0.5, 0.6) is 0 Å². The van der Waals surface area contributed by atoms with E-state index in [9.17, 15) is 4.79 Å². The molecule has 0 rings (SSSR count). The molecule has 0 aromatic carbocycles. The molecule has 5 heteroatoms. The fraction of sp³-hybridized carbons (Fsp3) is 0.833. The fourth-order valence-electron chi connectivity index (χ4n) is 1.20. The van der Waals surface area contributed by atoms with Crippen LogP contribution in [0.4, 0.5) is 0 Å². The predicted molar refractivity (Wildman–Crippen MR) is 72.1 cm³/mol. The standard InChI is InChI=1S/C12H26N4O/c1-5-13-12(15-7-6-10(2)3)16-9-8-14-11(4)17/h10H,5-9H2,1-4H3,(H,14,17)(H2,13,15,16). The number of carbonyl (C=O) groups is 1. The number of nitrogens with one attached hydrogen (secondary N) is 3. The topological polar surface area (TPSA) is 65.5 Å². The summed E-state index contributed by atoms with van der Waals surface area (Å²) >= 11 is 0. The number of hydrogen-bond donors (Lipinski definition) is 3. The van der Waals surface area contributed by atoms with Gasteiger partial charge in [-0.3, -0.25) is 9.79 Å². The van der Waals surface area contributed by atoms with Crippen LogP contribution in [0.25, 0.3) is 0 Å². The highest BCUT2D eigenvalue weighted by Crippen LogP contribution is 1.98. The van der Waals surface area contributed by atoms with Crippen LogP contribution in [0.1, 0.15) is 34.1 Å². The summed E-state index contributed by atoms with van der Waals surface area (Å²) in [7, 11) is 0. The Hall–Kier alpha value is -1.26. The van der Waals surface area contributed by atoms with Crippen LogP contribution in [-0.4, -0.2) is 38.0 Å². The summed E-state index contributed by atoms with van der Waals surface area (Å²) in [5.74, 6) is 1.48. The lowest BCUT2D eigenvalue weighted by Crippen LogP contribution is -2.41. The Labute approximate surface area is 104 Å². The van der Waals surface area contributed by atoms with Crippen molar-refractivity contribution in [3.63, 3.8) is 0 Å². The molecule has 0 aliphatic carbocycles. The third kappa shape index (κ3) is 11.0. The molecule has 0 aliphatic heterocycles. The predicted octanol–water partition coefficient (Wildman–Crippen LogP) is 0.724. The molecule has 0 saturated carbocycles. The van der Waals surface area contributed by atoms with Crippen molar-refractivity contribution in [3.8, 4) is 0 Å². The van der Waals surface area contributed by atoms with Crippen molar-refractivity contribution >= 4 is 11.9 Å². The maximum atomic E-state index is 10.7. The molecular formula is C12H26N4O. The van der Waals surface area contributed by atoms with Crippen molar-refractivity contribution in [2.75, 3.05) is 26.2 Å². The van der Waals surface area contributed by atoms with Crippen LogP contribution in [0, 0.1) is 5.92 Å². The molecule has 3 N–H and O–H groups in total. The molecule has 0 aliphatic rings. The molecule has 0 atom stereocenters. The summed E-state index contributed by atoms with van der Waals surface area (Å²) in [6.07, 6.45) is 1.09. The number of nitrogens with zero attached hydrogens (tertiary/aromatic N) is 1. The van der Waals surface area contributed by atoms with Gasteiger partial charge in [0.2, 0.25) is 5.91 Å². The van der Waals surface area contributed by atoms with Crippen molar-refractivity contribution in [1.82, 2.24) is 16.0 Å². The normalized spacial score (nSPS) is 11.5. The van der Waals surface area contributed by atoms with E-state index in [0.717, 1.165) is 25.5 Å². The third-order valence-electron chi connectivity index (χ3n) is 2.11. The Bertz CT molecular complexity index is 239. The smallest absolute Gasteiger partial charge is 0.216 e. The highest BCUT2D eigenvalue weighted by Gasteiger charge is 1.97. The number of amides is 1. The average molecular weight is 242 g/mol. The van der Waals surface area contributed by atoms with Gasteiger partial charge in [-0.2, -0.15) is 0 Å². The lowest BCUT2D eigenvalue weighted by Gasteiger charge is -2.11. The average Bonchev–Trinajstić information content (AvgIpc) is 2.23. The van der Waals surface area contributed by atoms with Crippen LogP contribution in [-0.2, 0) is 4.79 Å². The van der Waals surface area contributed by atoms with Gasteiger partial charge in [-0.15, -0.1) is 0 Å². The Kier molecular flexibility index (Phi) is 9.19. The second-order valence-electron chi connectivity index (χ2n) is 4.35.